The smallest absolute Gasteiger partial charge is 0.0351 e. The molecule has 0 bridgehead atoms. The van der Waals surface area contributed by atoms with Gasteiger partial charge in [0, 0.05) is 0 Å². The van der Waals surface area contributed by atoms with E-state index >= 15 is 0 Å². The third kappa shape index (κ3) is 7.74. The lowest BCUT2D eigenvalue weighted by Crippen LogP contribution is -1.84. The van der Waals surface area contributed by atoms with Crippen molar-refractivity contribution in [3.63, 3.8) is 0 Å². The summed E-state index contributed by atoms with van der Waals surface area (Å²) < 4.78 is 0. The monoisotopic (exact) mass is 126 g/mol. The molecule has 0 aromatic rings. The van der Waals surface area contributed by atoms with Gasteiger partial charge in [-0.05, 0) is 25.7 Å². The SMILES string of the molecule is C/C=C\CCCC(C)C. The molecule has 0 amide bonds. The summed E-state index contributed by atoms with van der Waals surface area (Å²) in [5, 5.41) is 0. The summed E-state index contributed by atoms with van der Waals surface area (Å²) in [6, 6.07) is 0. The number of hydrogen-bond acceptors (Lipinski definition) is 0. The van der Waals surface area contributed by atoms with Crippen molar-refractivity contribution < 1.29 is 0 Å². The van der Waals surface area contributed by atoms with Gasteiger partial charge in [0.05, 0.1) is 0 Å². The van der Waals surface area contributed by atoms with Crippen LogP contribution in [-0.4, -0.2) is 0 Å². The Bertz CT molecular complexity index is 70.1. The van der Waals surface area contributed by atoms with Crippen molar-refractivity contribution >= 4 is 0 Å². The van der Waals surface area contributed by atoms with Crippen LogP contribution < -0.4 is 0 Å². The minimum Gasteiger partial charge on any atom is -0.0917 e. The predicted molar refractivity (Wildman–Crippen MR) is 43.5 cm³/mol. The third-order valence-electron chi connectivity index (χ3n) is 1.39. The van der Waals surface area contributed by atoms with Gasteiger partial charge in [-0.25, -0.2) is 0 Å². The first-order valence-corrected chi connectivity index (χ1v) is 3.88. The quantitative estimate of drug-likeness (QED) is 0.400. The van der Waals surface area contributed by atoms with Crippen LogP contribution in [0.3, 0.4) is 0 Å². The molecule has 0 aliphatic heterocycles. The molecular weight excluding hydrogens is 108 g/mol. The molecule has 0 atom stereocenters. The van der Waals surface area contributed by atoms with Crippen LogP contribution in [0.4, 0.5) is 0 Å². The lowest BCUT2D eigenvalue weighted by Gasteiger charge is -1.99. The lowest BCUT2D eigenvalue weighted by atomic mass is 10.1. The highest BCUT2D eigenvalue weighted by atomic mass is 14.0. The van der Waals surface area contributed by atoms with E-state index in [4.69, 9.17) is 0 Å². The molecule has 9 heavy (non-hydrogen) atoms. The normalized spacial score (nSPS) is 11.6. The topological polar surface area (TPSA) is 0 Å². The van der Waals surface area contributed by atoms with Gasteiger partial charge in [0.2, 0.25) is 0 Å². The molecule has 0 aromatic heterocycles. The maximum absolute atomic E-state index is 2.27. The van der Waals surface area contributed by atoms with Gasteiger partial charge >= 0.3 is 0 Å². The fraction of sp³-hybridized carbons (Fsp3) is 0.778. The van der Waals surface area contributed by atoms with Gasteiger partial charge in [-0.2, -0.15) is 0 Å². The Morgan fingerprint density at radius 3 is 2.44 bits per heavy atom. The molecule has 54 valence electrons. The molecule has 0 heteroatoms. The molecular formula is C9H18. The third-order valence-corrected chi connectivity index (χ3v) is 1.39. The van der Waals surface area contributed by atoms with Gasteiger partial charge in [0.1, 0.15) is 0 Å². The number of allylic oxidation sites excluding steroid dienone is 2. The van der Waals surface area contributed by atoms with Gasteiger partial charge < -0.3 is 0 Å². The highest BCUT2D eigenvalue weighted by Crippen LogP contribution is 2.05. The molecule has 0 fully saturated rings. The summed E-state index contributed by atoms with van der Waals surface area (Å²) in [4.78, 5) is 0. The fourth-order valence-electron chi connectivity index (χ4n) is 0.811. The van der Waals surface area contributed by atoms with Gasteiger partial charge in [-0.3, -0.25) is 0 Å². The zero-order valence-electron chi connectivity index (χ0n) is 6.85. The van der Waals surface area contributed by atoms with E-state index in [9.17, 15) is 0 Å². The Labute approximate surface area is 59.0 Å². The van der Waals surface area contributed by atoms with Crippen LogP contribution in [0.15, 0.2) is 12.2 Å². The van der Waals surface area contributed by atoms with Crippen LogP contribution in [-0.2, 0) is 0 Å². The molecule has 0 aliphatic rings. The lowest BCUT2D eigenvalue weighted by molar-refractivity contribution is 0.560. The second-order valence-electron chi connectivity index (χ2n) is 2.89. The van der Waals surface area contributed by atoms with Crippen molar-refractivity contribution in [3.05, 3.63) is 12.2 Å². The van der Waals surface area contributed by atoms with Gasteiger partial charge in [0.25, 0.3) is 0 Å². The molecule has 0 aromatic carbocycles. The summed E-state index contributed by atoms with van der Waals surface area (Å²) in [5.74, 6) is 0.871. The Kier molecular flexibility index (Phi) is 5.70. The van der Waals surface area contributed by atoms with Crippen LogP contribution in [0.1, 0.15) is 40.0 Å². The first kappa shape index (κ1) is 8.74. The van der Waals surface area contributed by atoms with Crippen molar-refractivity contribution in [3.8, 4) is 0 Å². The Hall–Kier alpha value is -0.260. The van der Waals surface area contributed by atoms with E-state index in [0.717, 1.165) is 5.92 Å². The van der Waals surface area contributed by atoms with Gasteiger partial charge in [0.15, 0.2) is 0 Å². The summed E-state index contributed by atoms with van der Waals surface area (Å²) in [6.07, 6.45) is 8.34. The fourth-order valence-corrected chi connectivity index (χ4v) is 0.811. The zero-order valence-corrected chi connectivity index (χ0v) is 6.85. The van der Waals surface area contributed by atoms with Crippen LogP contribution >= 0.6 is 0 Å². The van der Waals surface area contributed by atoms with Crippen LogP contribution in [0.25, 0.3) is 0 Å². The molecule has 0 aliphatic carbocycles. The average Bonchev–Trinajstić information content (AvgIpc) is 1.80. The molecule has 0 radical (unpaired) electrons. The molecule has 0 unspecified atom stereocenters. The van der Waals surface area contributed by atoms with Crippen LogP contribution in [0, 0.1) is 5.92 Å². The zero-order chi connectivity index (χ0) is 7.11. The Balaban J connectivity index is 2.91. The first-order chi connectivity index (χ1) is 4.27. The summed E-state index contributed by atoms with van der Waals surface area (Å²) in [5.41, 5.74) is 0. The first-order valence-electron chi connectivity index (χ1n) is 3.88. The minimum atomic E-state index is 0.871. The highest BCUT2D eigenvalue weighted by molar-refractivity contribution is 4.76. The highest BCUT2D eigenvalue weighted by Gasteiger charge is 1.89. The van der Waals surface area contributed by atoms with Crippen molar-refractivity contribution in [2.24, 2.45) is 5.92 Å². The molecule has 0 nitrogen and oxygen atoms in total. The predicted octanol–water partition coefficient (Wildman–Crippen LogP) is 3.39. The van der Waals surface area contributed by atoms with Crippen molar-refractivity contribution in [1.82, 2.24) is 0 Å². The minimum absolute atomic E-state index is 0.871. The summed E-state index contributed by atoms with van der Waals surface area (Å²) in [7, 11) is 0. The van der Waals surface area contributed by atoms with Crippen LogP contribution in [0.2, 0.25) is 0 Å². The number of rotatable bonds is 4. The molecule has 0 N–H and O–H groups in total. The second-order valence-corrected chi connectivity index (χ2v) is 2.89. The van der Waals surface area contributed by atoms with E-state index in [-0.39, 0.29) is 0 Å². The van der Waals surface area contributed by atoms with Crippen molar-refractivity contribution in [2.75, 3.05) is 0 Å². The molecule has 0 saturated carbocycles. The summed E-state index contributed by atoms with van der Waals surface area (Å²) in [6.45, 7) is 6.63. The number of unbranched alkanes of at least 4 members (excludes halogenated alkanes) is 1. The largest absolute Gasteiger partial charge is 0.0917 e. The standard InChI is InChI=1S/C9H18/c1-4-5-6-7-8-9(2)3/h4-5,9H,6-8H2,1-3H3/b5-4-. The van der Waals surface area contributed by atoms with E-state index in [1.165, 1.54) is 19.3 Å². The van der Waals surface area contributed by atoms with E-state index in [2.05, 4.69) is 32.9 Å². The Morgan fingerprint density at radius 1 is 1.33 bits per heavy atom. The maximum atomic E-state index is 2.27. The van der Waals surface area contributed by atoms with Crippen molar-refractivity contribution in [2.45, 2.75) is 40.0 Å². The van der Waals surface area contributed by atoms with Gasteiger partial charge in [-0.15, -0.1) is 0 Å². The maximum Gasteiger partial charge on any atom is -0.0351 e. The van der Waals surface area contributed by atoms with E-state index < -0.39 is 0 Å². The van der Waals surface area contributed by atoms with Crippen molar-refractivity contribution in [1.29, 1.82) is 0 Å². The second kappa shape index (κ2) is 5.87. The summed E-state index contributed by atoms with van der Waals surface area (Å²) >= 11 is 0. The molecule has 0 rings (SSSR count). The van der Waals surface area contributed by atoms with E-state index in [0.29, 0.717) is 0 Å². The molecule has 0 spiro atoms. The average molecular weight is 126 g/mol. The van der Waals surface area contributed by atoms with Gasteiger partial charge in [-0.1, -0.05) is 32.4 Å². The molecule has 0 saturated heterocycles. The number of hydrogen-bond donors (Lipinski definition) is 0. The van der Waals surface area contributed by atoms with E-state index in [1.54, 1.807) is 0 Å². The van der Waals surface area contributed by atoms with E-state index in [1.807, 2.05) is 0 Å². The van der Waals surface area contributed by atoms with Crippen LogP contribution in [0.5, 0.6) is 0 Å². The Morgan fingerprint density at radius 2 is 2.00 bits per heavy atom. The molecule has 0 heterocycles.